The van der Waals surface area contributed by atoms with Gasteiger partial charge in [0, 0.05) is 5.56 Å². The molecule has 2 aromatic rings. The van der Waals surface area contributed by atoms with Crippen LogP contribution in [0.4, 0.5) is 0 Å². The monoisotopic (exact) mass is 287 g/mol. The van der Waals surface area contributed by atoms with Crippen molar-refractivity contribution < 1.29 is 14.3 Å². The first-order valence-corrected chi connectivity index (χ1v) is 7.52. The zero-order chi connectivity index (χ0) is 14.7. The lowest BCUT2D eigenvalue weighted by atomic mass is 9.95. The summed E-state index contributed by atoms with van der Waals surface area (Å²) in [4.78, 5) is 4.46. The molecule has 0 saturated heterocycles. The molecular weight excluding hydrogens is 266 g/mol. The molecule has 4 heteroatoms. The molecule has 3 rings (SSSR count). The van der Waals surface area contributed by atoms with Gasteiger partial charge in [-0.2, -0.15) is 0 Å². The fourth-order valence-electron chi connectivity index (χ4n) is 2.68. The van der Waals surface area contributed by atoms with Gasteiger partial charge in [0.1, 0.15) is 12.0 Å². The van der Waals surface area contributed by atoms with Gasteiger partial charge in [0.15, 0.2) is 0 Å². The van der Waals surface area contributed by atoms with E-state index in [0.29, 0.717) is 12.5 Å². The predicted molar refractivity (Wildman–Crippen MR) is 79.7 cm³/mol. The lowest BCUT2D eigenvalue weighted by Crippen LogP contribution is -2.25. The molecule has 0 amide bonds. The minimum absolute atomic E-state index is 0.133. The summed E-state index contributed by atoms with van der Waals surface area (Å²) in [5.74, 6) is 0.622. The molecule has 1 aromatic carbocycles. The van der Waals surface area contributed by atoms with Gasteiger partial charge in [0.05, 0.1) is 18.8 Å². The quantitative estimate of drug-likeness (QED) is 0.935. The van der Waals surface area contributed by atoms with Crippen molar-refractivity contribution in [3.8, 4) is 11.5 Å². The molecule has 0 aliphatic heterocycles. The lowest BCUT2D eigenvalue weighted by Gasteiger charge is -2.25. The largest absolute Gasteiger partial charge is 0.444 e. The van der Waals surface area contributed by atoms with Crippen LogP contribution in [0.15, 0.2) is 34.9 Å². The van der Waals surface area contributed by atoms with Crippen LogP contribution in [0.3, 0.4) is 0 Å². The third kappa shape index (κ3) is 3.71. The Labute approximate surface area is 124 Å². The standard InChI is InChI=1S/C17H21NO3/c1-12-5-7-13(8-6-12)17-18-14(11-21-17)10-20-16-4-2-3-15(19)9-16/h5-8,11,15-16,19H,2-4,9-10H2,1H3/t15-,16+/m0/s1. The number of hydrogen-bond acceptors (Lipinski definition) is 4. The third-order valence-corrected chi connectivity index (χ3v) is 3.92. The van der Waals surface area contributed by atoms with E-state index in [4.69, 9.17) is 9.15 Å². The van der Waals surface area contributed by atoms with Crippen LogP contribution in [0, 0.1) is 6.92 Å². The number of oxazole rings is 1. The molecule has 1 N–H and O–H groups in total. The maximum Gasteiger partial charge on any atom is 0.226 e. The zero-order valence-corrected chi connectivity index (χ0v) is 12.3. The predicted octanol–water partition coefficient (Wildman–Crippen LogP) is 3.47. The van der Waals surface area contributed by atoms with E-state index < -0.39 is 0 Å². The Bertz CT molecular complexity index is 576. The SMILES string of the molecule is Cc1ccc(-c2nc(CO[C@@H]3CCC[C@H](O)C3)co2)cc1. The second-order valence-electron chi connectivity index (χ2n) is 5.76. The van der Waals surface area contributed by atoms with Gasteiger partial charge in [0.2, 0.25) is 5.89 Å². The summed E-state index contributed by atoms with van der Waals surface area (Å²) in [5.41, 5.74) is 2.98. The van der Waals surface area contributed by atoms with Crippen molar-refractivity contribution in [1.82, 2.24) is 4.98 Å². The van der Waals surface area contributed by atoms with Crippen LogP contribution in [-0.4, -0.2) is 22.3 Å². The van der Waals surface area contributed by atoms with E-state index in [1.807, 2.05) is 24.3 Å². The molecule has 1 aliphatic rings. The van der Waals surface area contributed by atoms with Crippen molar-refractivity contribution in [3.63, 3.8) is 0 Å². The molecule has 0 bridgehead atoms. The summed E-state index contributed by atoms with van der Waals surface area (Å²) < 4.78 is 11.3. The summed E-state index contributed by atoms with van der Waals surface area (Å²) in [6.07, 6.45) is 5.22. The van der Waals surface area contributed by atoms with Gasteiger partial charge in [-0.05, 0) is 44.7 Å². The van der Waals surface area contributed by atoms with Crippen molar-refractivity contribution in [2.45, 2.75) is 51.4 Å². The van der Waals surface area contributed by atoms with Gasteiger partial charge in [-0.15, -0.1) is 0 Å². The van der Waals surface area contributed by atoms with Crippen LogP contribution in [-0.2, 0) is 11.3 Å². The van der Waals surface area contributed by atoms with Crippen LogP contribution in [0.5, 0.6) is 0 Å². The number of nitrogens with zero attached hydrogens (tertiary/aromatic N) is 1. The molecule has 1 aliphatic carbocycles. The molecular formula is C17H21NO3. The van der Waals surface area contributed by atoms with E-state index in [2.05, 4.69) is 11.9 Å². The summed E-state index contributed by atoms with van der Waals surface area (Å²) in [5, 5.41) is 9.64. The first-order valence-electron chi connectivity index (χ1n) is 7.52. The van der Waals surface area contributed by atoms with Crippen molar-refractivity contribution in [2.75, 3.05) is 0 Å². The number of ether oxygens (including phenoxy) is 1. The molecule has 21 heavy (non-hydrogen) atoms. The molecule has 4 nitrogen and oxygen atoms in total. The number of hydrogen-bond donors (Lipinski definition) is 1. The van der Waals surface area contributed by atoms with Crippen molar-refractivity contribution in [2.24, 2.45) is 0 Å². The Hall–Kier alpha value is -1.65. The van der Waals surface area contributed by atoms with Crippen LogP contribution < -0.4 is 0 Å². The number of aliphatic hydroxyl groups excluding tert-OH is 1. The van der Waals surface area contributed by atoms with E-state index >= 15 is 0 Å². The van der Waals surface area contributed by atoms with Crippen molar-refractivity contribution >= 4 is 0 Å². The lowest BCUT2D eigenvalue weighted by molar-refractivity contribution is -0.0238. The Kier molecular flexibility index (Phi) is 4.36. The summed E-state index contributed by atoms with van der Waals surface area (Å²) in [6, 6.07) is 8.09. The van der Waals surface area contributed by atoms with E-state index in [1.54, 1.807) is 6.26 Å². The fourth-order valence-corrected chi connectivity index (χ4v) is 2.68. The number of aromatic nitrogens is 1. The maximum atomic E-state index is 9.64. The van der Waals surface area contributed by atoms with E-state index in [-0.39, 0.29) is 12.2 Å². The molecule has 112 valence electrons. The highest BCUT2D eigenvalue weighted by molar-refractivity contribution is 5.53. The minimum atomic E-state index is -0.218. The highest BCUT2D eigenvalue weighted by atomic mass is 16.5. The Morgan fingerprint density at radius 1 is 1.29 bits per heavy atom. The molecule has 1 heterocycles. The van der Waals surface area contributed by atoms with Crippen molar-refractivity contribution in [1.29, 1.82) is 0 Å². The number of aliphatic hydroxyl groups is 1. The maximum absolute atomic E-state index is 9.64. The van der Waals surface area contributed by atoms with Gasteiger partial charge >= 0.3 is 0 Å². The average Bonchev–Trinajstić information content (AvgIpc) is 2.95. The van der Waals surface area contributed by atoms with Gasteiger partial charge in [-0.25, -0.2) is 4.98 Å². The first-order chi connectivity index (χ1) is 10.2. The van der Waals surface area contributed by atoms with Gasteiger partial charge in [0.25, 0.3) is 0 Å². The molecule has 1 aromatic heterocycles. The Morgan fingerprint density at radius 2 is 2.10 bits per heavy atom. The highest BCUT2D eigenvalue weighted by Gasteiger charge is 2.21. The minimum Gasteiger partial charge on any atom is -0.444 e. The van der Waals surface area contributed by atoms with Gasteiger partial charge in [-0.3, -0.25) is 0 Å². The van der Waals surface area contributed by atoms with Crippen LogP contribution >= 0.6 is 0 Å². The molecule has 0 spiro atoms. The van der Waals surface area contributed by atoms with Crippen LogP contribution in [0.1, 0.15) is 36.9 Å². The molecule has 2 atom stereocenters. The number of aryl methyl sites for hydroxylation is 1. The first kappa shape index (κ1) is 14.3. The summed E-state index contributed by atoms with van der Waals surface area (Å²) in [6.45, 7) is 2.49. The normalized spacial score (nSPS) is 22.4. The van der Waals surface area contributed by atoms with Crippen molar-refractivity contribution in [3.05, 3.63) is 41.8 Å². The number of rotatable bonds is 4. The second kappa shape index (κ2) is 6.41. The summed E-state index contributed by atoms with van der Waals surface area (Å²) in [7, 11) is 0. The molecule has 1 saturated carbocycles. The van der Waals surface area contributed by atoms with Gasteiger partial charge < -0.3 is 14.3 Å². The van der Waals surface area contributed by atoms with Crippen LogP contribution in [0.2, 0.25) is 0 Å². The Balaban J connectivity index is 1.59. The topological polar surface area (TPSA) is 55.5 Å². The van der Waals surface area contributed by atoms with E-state index in [9.17, 15) is 5.11 Å². The third-order valence-electron chi connectivity index (χ3n) is 3.92. The number of benzene rings is 1. The molecule has 1 fully saturated rings. The smallest absolute Gasteiger partial charge is 0.226 e. The summed E-state index contributed by atoms with van der Waals surface area (Å²) >= 11 is 0. The van der Waals surface area contributed by atoms with E-state index in [0.717, 1.165) is 36.9 Å². The van der Waals surface area contributed by atoms with Gasteiger partial charge in [-0.1, -0.05) is 17.7 Å². The fraction of sp³-hybridized carbons (Fsp3) is 0.471. The second-order valence-corrected chi connectivity index (χ2v) is 5.76. The van der Waals surface area contributed by atoms with E-state index in [1.165, 1.54) is 5.56 Å². The molecule has 0 unspecified atom stereocenters. The molecule has 0 radical (unpaired) electrons. The zero-order valence-electron chi connectivity index (χ0n) is 12.3. The Morgan fingerprint density at radius 3 is 2.86 bits per heavy atom. The average molecular weight is 287 g/mol. The highest BCUT2D eigenvalue weighted by Crippen LogP contribution is 2.23. The van der Waals surface area contributed by atoms with Crippen LogP contribution in [0.25, 0.3) is 11.5 Å².